The molecule has 1 aliphatic carbocycles. The van der Waals surface area contributed by atoms with Crippen LogP contribution in [0.15, 0.2) is 24.3 Å². The first kappa shape index (κ1) is 15.1. The molecule has 0 unspecified atom stereocenters. The van der Waals surface area contributed by atoms with Crippen LogP contribution in [0.5, 0.6) is 0 Å². The Balaban J connectivity index is 1.34. The second kappa shape index (κ2) is 6.59. The fourth-order valence-corrected chi connectivity index (χ4v) is 4.06. The minimum Gasteiger partial charge on any atom is -0.391 e. The highest BCUT2D eigenvalue weighted by Crippen LogP contribution is 2.24. The van der Waals surface area contributed by atoms with Crippen LogP contribution in [-0.4, -0.2) is 63.2 Å². The zero-order valence-corrected chi connectivity index (χ0v) is 13.6. The summed E-state index contributed by atoms with van der Waals surface area (Å²) in [6.45, 7) is 5.11. The van der Waals surface area contributed by atoms with Crippen molar-refractivity contribution in [3.05, 3.63) is 30.1 Å². The van der Waals surface area contributed by atoms with Gasteiger partial charge in [-0.15, -0.1) is 0 Å². The van der Waals surface area contributed by atoms with E-state index in [2.05, 4.69) is 31.9 Å². The van der Waals surface area contributed by atoms with Crippen molar-refractivity contribution in [2.24, 2.45) is 0 Å². The number of rotatable bonds is 3. The van der Waals surface area contributed by atoms with E-state index in [0.717, 1.165) is 62.4 Å². The molecule has 124 valence electrons. The largest absolute Gasteiger partial charge is 0.391 e. The highest BCUT2D eigenvalue weighted by Gasteiger charge is 2.30. The van der Waals surface area contributed by atoms with Crippen LogP contribution in [0.1, 0.15) is 31.5 Å². The molecule has 1 aromatic heterocycles. The van der Waals surface area contributed by atoms with Crippen molar-refractivity contribution in [3.8, 4) is 0 Å². The fraction of sp³-hybridized carbons (Fsp3) is 0.611. The molecule has 23 heavy (non-hydrogen) atoms. The van der Waals surface area contributed by atoms with E-state index in [0.29, 0.717) is 6.04 Å². The zero-order chi connectivity index (χ0) is 15.6. The number of piperazine rings is 1. The Labute approximate surface area is 137 Å². The number of para-hydroxylation sites is 2. The van der Waals surface area contributed by atoms with Crippen molar-refractivity contribution in [1.82, 2.24) is 19.8 Å². The lowest BCUT2D eigenvalue weighted by Gasteiger charge is -2.42. The van der Waals surface area contributed by atoms with Crippen LogP contribution in [0.25, 0.3) is 11.0 Å². The highest BCUT2D eigenvalue weighted by molar-refractivity contribution is 5.74. The molecule has 2 aliphatic rings. The Bertz CT molecular complexity index is 614. The van der Waals surface area contributed by atoms with Crippen molar-refractivity contribution < 1.29 is 5.11 Å². The van der Waals surface area contributed by atoms with Gasteiger partial charge in [0.1, 0.15) is 5.82 Å². The van der Waals surface area contributed by atoms with Crippen LogP contribution < -0.4 is 0 Å². The number of aromatic nitrogens is 2. The highest BCUT2D eigenvalue weighted by atomic mass is 16.3. The summed E-state index contributed by atoms with van der Waals surface area (Å²) >= 11 is 0. The molecule has 2 fully saturated rings. The Morgan fingerprint density at radius 2 is 1.87 bits per heavy atom. The van der Waals surface area contributed by atoms with Gasteiger partial charge in [0.05, 0.1) is 23.7 Å². The van der Waals surface area contributed by atoms with Gasteiger partial charge in [-0.05, 0) is 25.0 Å². The zero-order valence-electron chi connectivity index (χ0n) is 13.6. The fourth-order valence-electron chi connectivity index (χ4n) is 4.06. The molecule has 1 aliphatic heterocycles. The van der Waals surface area contributed by atoms with Crippen molar-refractivity contribution in [3.63, 3.8) is 0 Å². The number of aliphatic hydroxyl groups is 1. The third-order valence-corrected chi connectivity index (χ3v) is 5.38. The number of aliphatic hydroxyl groups excluding tert-OH is 1. The number of hydrogen-bond donors (Lipinski definition) is 2. The van der Waals surface area contributed by atoms with Crippen molar-refractivity contribution in [1.29, 1.82) is 0 Å². The van der Waals surface area contributed by atoms with E-state index >= 15 is 0 Å². The number of aromatic amines is 1. The molecule has 4 rings (SSSR count). The maximum absolute atomic E-state index is 10.2. The van der Waals surface area contributed by atoms with E-state index < -0.39 is 0 Å². The first-order chi connectivity index (χ1) is 11.3. The Hall–Kier alpha value is -1.43. The lowest BCUT2D eigenvalue weighted by Crippen LogP contribution is -2.54. The maximum Gasteiger partial charge on any atom is 0.121 e. The molecule has 1 aromatic carbocycles. The first-order valence-corrected chi connectivity index (χ1v) is 8.88. The van der Waals surface area contributed by atoms with Gasteiger partial charge in [-0.1, -0.05) is 25.0 Å². The van der Waals surface area contributed by atoms with Crippen LogP contribution in [0.2, 0.25) is 0 Å². The number of hydrogen-bond acceptors (Lipinski definition) is 4. The van der Waals surface area contributed by atoms with Gasteiger partial charge in [0.2, 0.25) is 0 Å². The summed E-state index contributed by atoms with van der Waals surface area (Å²) in [5.41, 5.74) is 2.16. The molecule has 5 nitrogen and oxygen atoms in total. The van der Waals surface area contributed by atoms with Gasteiger partial charge >= 0.3 is 0 Å². The SMILES string of the molecule is O[C@H]1CCCC[C@@H]1N1CCN(Cc2nc3ccccc3[nH]2)CC1. The summed E-state index contributed by atoms with van der Waals surface area (Å²) < 4.78 is 0. The molecular formula is C18H26N4O. The number of nitrogens with one attached hydrogen (secondary N) is 1. The topological polar surface area (TPSA) is 55.4 Å². The monoisotopic (exact) mass is 314 g/mol. The van der Waals surface area contributed by atoms with Gasteiger partial charge in [-0.2, -0.15) is 0 Å². The molecule has 2 N–H and O–H groups in total. The van der Waals surface area contributed by atoms with Gasteiger partial charge in [-0.25, -0.2) is 4.98 Å². The normalized spacial score (nSPS) is 27.5. The van der Waals surface area contributed by atoms with Crippen LogP contribution in [0, 0.1) is 0 Å². The average Bonchev–Trinajstić information content (AvgIpc) is 2.98. The van der Waals surface area contributed by atoms with Crippen molar-refractivity contribution >= 4 is 11.0 Å². The molecule has 2 aromatic rings. The van der Waals surface area contributed by atoms with Gasteiger partial charge in [0, 0.05) is 32.2 Å². The second-order valence-corrected chi connectivity index (χ2v) is 6.93. The number of H-pyrrole nitrogens is 1. The number of fused-ring (bicyclic) bond motifs is 1. The molecule has 1 saturated heterocycles. The molecule has 2 heterocycles. The molecule has 1 saturated carbocycles. The van der Waals surface area contributed by atoms with Crippen LogP contribution in [-0.2, 0) is 6.54 Å². The summed E-state index contributed by atoms with van der Waals surface area (Å²) in [7, 11) is 0. The third kappa shape index (κ3) is 3.27. The Kier molecular flexibility index (Phi) is 4.33. The van der Waals surface area contributed by atoms with Gasteiger partial charge in [0.25, 0.3) is 0 Å². The van der Waals surface area contributed by atoms with Crippen LogP contribution in [0.4, 0.5) is 0 Å². The van der Waals surface area contributed by atoms with Gasteiger partial charge < -0.3 is 10.1 Å². The Morgan fingerprint density at radius 3 is 2.65 bits per heavy atom. The molecule has 0 amide bonds. The average molecular weight is 314 g/mol. The van der Waals surface area contributed by atoms with E-state index in [1.165, 1.54) is 12.8 Å². The standard InChI is InChI=1S/C18H26N4O/c23-17-8-4-3-7-16(17)22-11-9-21(10-12-22)13-18-19-14-5-1-2-6-15(14)20-18/h1-2,5-6,16-17,23H,3-4,7-13H2,(H,19,20)/t16-,17-/m0/s1. The molecule has 2 atom stereocenters. The third-order valence-electron chi connectivity index (χ3n) is 5.38. The maximum atomic E-state index is 10.2. The Morgan fingerprint density at radius 1 is 1.09 bits per heavy atom. The smallest absolute Gasteiger partial charge is 0.121 e. The molecule has 0 spiro atoms. The van der Waals surface area contributed by atoms with Crippen LogP contribution >= 0.6 is 0 Å². The number of benzene rings is 1. The minimum absolute atomic E-state index is 0.120. The van der Waals surface area contributed by atoms with E-state index in [1.54, 1.807) is 0 Å². The van der Waals surface area contributed by atoms with Gasteiger partial charge in [-0.3, -0.25) is 9.80 Å². The van der Waals surface area contributed by atoms with Gasteiger partial charge in [0.15, 0.2) is 0 Å². The summed E-state index contributed by atoms with van der Waals surface area (Å²) in [5, 5.41) is 10.2. The lowest BCUT2D eigenvalue weighted by atomic mass is 9.91. The van der Waals surface area contributed by atoms with Crippen molar-refractivity contribution in [2.75, 3.05) is 26.2 Å². The summed E-state index contributed by atoms with van der Waals surface area (Å²) in [6.07, 6.45) is 4.46. The van der Waals surface area contributed by atoms with Crippen molar-refractivity contribution in [2.45, 2.75) is 44.4 Å². The molecule has 5 heteroatoms. The van der Waals surface area contributed by atoms with E-state index in [1.807, 2.05) is 12.1 Å². The summed E-state index contributed by atoms with van der Waals surface area (Å²) in [5.74, 6) is 1.05. The van der Waals surface area contributed by atoms with Crippen LogP contribution in [0.3, 0.4) is 0 Å². The molecule has 0 bridgehead atoms. The van der Waals surface area contributed by atoms with E-state index in [-0.39, 0.29) is 6.10 Å². The molecular weight excluding hydrogens is 288 g/mol. The quantitative estimate of drug-likeness (QED) is 0.910. The summed E-state index contributed by atoms with van der Waals surface area (Å²) in [6, 6.07) is 8.59. The second-order valence-electron chi connectivity index (χ2n) is 6.93. The first-order valence-electron chi connectivity index (χ1n) is 8.88. The molecule has 0 radical (unpaired) electrons. The van der Waals surface area contributed by atoms with E-state index in [9.17, 15) is 5.11 Å². The lowest BCUT2D eigenvalue weighted by molar-refractivity contribution is -0.00503. The minimum atomic E-state index is -0.120. The predicted octanol–water partition coefficient (Wildman–Crippen LogP) is 1.98. The summed E-state index contributed by atoms with van der Waals surface area (Å²) in [4.78, 5) is 13.1. The number of nitrogens with zero attached hydrogens (tertiary/aromatic N) is 3. The van der Waals surface area contributed by atoms with E-state index in [4.69, 9.17) is 0 Å². The predicted molar refractivity (Wildman–Crippen MR) is 91.2 cm³/mol. The number of imidazole rings is 1.